The number of rotatable bonds is 4. The summed E-state index contributed by atoms with van der Waals surface area (Å²) in [5, 5.41) is 0. The van der Waals surface area contributed by atoms with E-state index in [1.165, 1.54) is 32.7 Å². The van der Waals surface area contributed by atoms with E-state index in [-0.39, 0.29) is 0 Å². The Morgan fingerprint density at radius 3 is 2.44 bits per heavy atom. The zero-order valence-corrected chi connectivity index (χ0v) is 12.0. The molecule has 0 spiro atoms. The first-order valence-corrected chi connectivity index (χ1v) is 7.43. The van der Waals surface area contributed by atoms with Gasteiger partial charge in [-0.1, -0.05) is 13.8 Å². The molecular weight excluding hydrogens is 226 g/mol. The second-order valence-corrected chi connectivity index (χ2v) is 6.28. The van der Waals surface area contributed by atoms with E-state index >= 15 is 0 Å². The molecule has 0 aromatic rings. The molecule has 2 fully saturated rings. The van der Waals surface area contributed by atoms with Crippen LogP contribution in [0.4, 0.5) is 0 Å². The molecule has 2 atom stereocenters. The summed E-state index contributed by atoms with van der Waals surface area (Å²) >= 11 is 0. The Labute approximate surface area is 111 Å². The van der Waals surface area contributed by atoms with Crippen molar-refractivity contribution < 1.29 is 4.74 Å². The molecule has 18 heavy (non-hydrogen) atoms. The van der Waals surface area contributed by atoms with Crippen LogP contribution in [0.3, 0.4) is 0 Å². The van der Waals surface area contributed by atoms with Gasteiger partial charge in [0.1, 0.15) is 0 Å². The molecule has 0 radical (unpaired) electrons. The molecular formula is C14H29N3O. The fourth-order valence-electron chi connectivity index (χ4n) is 3.00. The molecule has 2 rings (SSSR count). The molecule has 4 nitrogen and oxygen atoms in total. The fraction of sp³-hybridized carbons (Fsp3) is 1.00. The van der Waals surface area contributed by atoms with Gasteiger partial charge < -0.3 is 20.3 Å². The number of hydrogen-bond acceptors (Lipinski definition) is 4. The lowest BCUT2D eigenvalue weighted by Gasteiger charge is -2.39. The summed E-state index contributed by atoms with van der Waals surface area (Å²) in [7, 11) is 0. The van der Waals surface area contributed by atoms with Crippen LogP contribution in [-0.4, -0.2) is 68.3 Å². The van der Waals surface area contributed by atoms with Gasteiger partial charge in [-0.05, 0) is 12.3 Å². The molecule has 0 amide bonds. The third kappa shape index (κ3) is 4.19. The summed E-state index contributed by atoms with van der Waals surface area (Å²) in [5.41, 5.74) is 6.17. The van der Waals surface area contributed by atoms with E-state index in [4.69, 9.17) is 10.5 Å². The Morgan fingerprint density at radius 2 is 1.83 bits per heavy atom. The summed E-state index contributed by atoms with van der Waals surface area (Å²) in [5.74, 6) is 1.31. The minimum Gasteiger partial charge on any atom is -0.381 e. The Balaban J connectivity index is 1.69. The quantitative estimate of drug-likeness (QED) is 0.800. The Kier molecular flexibility index (Phi) is 5.42. The van der Waals surface area contributed by atoms with Gasteiger partial charge in [0, 0.05) is 57.8 Å². The van der Waals surface area contributed by atoms with Crippen molar-refractivity contribution in [3.63, 3.8) is 0 Å². The molecule has 106 valence electrons. The van der Waals surface area contributed by atoms with Crippen molar-refractivity contribution in [3.8, 4) is 0 Å². The van der Waals surface area contributed by atoms with Gasteiger partial charge in [0.05, 0.1) is 6.61 Å². The normalized spacial score (nSPS) is 32.0. The molecule has 0 aromatic heterocycles. The molecule has 2 unspecified atom stereocenters. The third-order valence-electron chi connectivity index (χ3n) is 4.11. The first-order chi connectivity index (χ1) is 8.65. The number of piperazine rings is 1. The molecule has 2 heterocycles. The maximum absolute atomic E-state index is 6.17. The van der Waals surface area contributed by atoms with Gasteiger partial charge in [-0.3, -0.25) is 0 Å². The van der Waals surface area contributed by atoms with Gasteiger partial charge in [-0.2, -0.15) is 0 Å². The first kappa shape index (κ1) is 14.3. The van der Waals surface area contributed by atoms with Gasteiger partial charge in [-0.15, -0.1) is 0 Å². The van der Waals surface area contributed by atoms with Crippen LogP contribution < -0.4 is 5.73 Å². The highest BCUT2D eigenvalue weighted by Crippen LogP contribution is 2.15. The van der Waals surface area contributed by atoms with Crippen LogP contribution in [-0.2, 0) is 4.74 Å². The highest BCUT2D eigenvalue weighted by Gasteiger charge is 2.26. The van der Waals surface area contributed by atoms with Crippen molar-refractivity contribution >= 4 is 0 Å². The van der Waals surface area contributed by atoms with E-state index in [1.54, 1.807) is 0 Å². The SMILES string of the molecule is CC(C)CN1CCN(CC2COCCC2N)CC1. The zero-order valence-electron chi connectivity index (χ0n) is 12.0. The van der Waals surface area contributed by atoms with E-state index in [0.717, 1.165) is 32.1 Å². The van der Waals surface area contributed by atoms with Crippen molar-refractivity contribution in [1.82, 2.24) is 9.80 Å². The molecule has 0 aromatic carbocycles. The summed E-state index contributed by atoms with van der Waals surface area (Å²) in [6.07, 6.45) is 1.03. The van der Waals surface area contributed by atoms with Crippen LogP contribution in [0.1, 0.15) is 20.3 Å². The van der Waals surface area contributed by atoms with Crippen molar-refractivity contribution in [2.75, 3.05) is 52.5 Å². The molecule has 2 aliphatic heterocycles. The van der Waals surface area contributed by atoms with Gasteiger partial charge >= 0.3 is 0 Å². The predicted octanol–water partition coefficient (Wildman–Crippen LogP) is 0.624. The van der Waals surface area contributed by atoms with E-state index in [0.29, 0.717) is 12.0 Å². The Morgan fingerprint density at radius 1 is 1.17 bits per heavy atom. The van der Waals surface area contributed by atoms with Gasteiger partial charge in [0.15, 0.2) is 0 Å². The average molecular weight is 255 g/mol. The molecule has 0 bridgehead atoms. The van der Waals surface area contributed by atoms with Crippen LogP contribution in [0, 0.1) is 11.8 Å². The highest BCUT2D eigenvalue weighted by molar-refractivity contribution is 4.81. The highest BCUT2D eigenvalue weighted by atomic mass is 16.5. The monoisotopic (exact) mass is 255 g/mol. The van der Waals surface area contributed by atoms with Crippen LogP contribution >= 0.6 is 0 Å². The van der Waals surface area contributed by atoms with Crippen molar-refractivity contribution in [2.45, 2.75) is 26.3 Å². The number of nitrogens with zero attached hydrogens (tertiary/aromatic N) is 2. The van der Waals surface area contributed by atoms with E-state index in [1.807, 2.05) is 0 Å². The third-order valence-corrected chi connectivity index (χ3v) is 4.11. The largest absolute Gasteiger partial charge is 0.381 e. The molecule has 2 saturated heterocycles. The van der Waals surface area contributed by atoms with E-state index < -0.39 is 0 Å². The predicted molar refractivity (Wildman–Crippen MR) is 74.6 cm³/mol. The van der Waals surface area contributed by atoms with Gasteiger partial charge in [0.2, 0.25) is 0 Å². The number of nitrogens with two attached hydrogens (primary N) is 1. The number of hydrogen-bond donors (Lipinski definition) is 1. The Hall–Kier alpha value is -0.160. The van der Waals surface area contributed by atoms with Crippen LogP contribution in [0.15, 0.2) is 0 Å². The molecule has 2 aliphatic rings. The molecule has 0 saturated carbocycles. The maximum Gasteiger partial charge on any atom is 0.0521 e. The van der Waals surface area contributed by atoms with E-state index in [2.05, 4.69) is 23.6 Å². The van der Waals surface area contributed by atoms with Crippen LogP contribution in [0.25, 0.3) is 0 Å². The van der Waals surface area contributed by atoms with Crippen LogP contribution in [0.5, 0.6) is 0 Å². The van der Waals surface area contributed by atoms with Crippen molar-refractivity contribution in [2.24, 2.45) is 17.6 Å². The standard InChI is InChI=1S/C14H29N3O/c1-12(2)9-16-4-6-17(7-5-16)10-13-11-18-8-3-14(13)15/h12-14H,3-11,15H2,1-2H3. The van der Waals surface area contributed by atoms with Crippen molar-refractivity contribution in [3.05, 3.63) is 0 Å². The fourth-order valence-corrected chi connectivity index (χ4v) is 3.00. The second kappa shape index (κ2) is 6.85. The average Bonchev–Trinajstić information content (AvgIpc) is 2.34. The Bertz CT molecular complexity index is 239. The first-order valence-electron chi connectivity index (χ1n) is 7.43. The summed E-state index contributed by atoms with van der Waals surface area (Å²) < 4.78 is 5.55. The maximum atomic E-state index is 6.17. The van der Waals surface area contributed by atoms with Crippen LogP contribution in [0.2, 0.25) is 0 Å². The zero-order chi connectivity index (χ0) is 13.0. The minimum atomic E-state index is 0.340. The second-order valence-electron chi connectivity index (χ2n) is 6.28. The lowest BCUT2D eigenvalue weighted by Crippen LogP contribution is -2.52. The topological polar surface area (TPSA) is 41.7 Å². The summed E-state index contributed by atoms with van der Waals surface area (Å²) in [6.45, 7) is 13.5. The minimum absolute atomic E-state index is 0.340. The summed E-state index contributed by atoms with van der Waals surface area (Å²) in [4.78, 5) is 5.15. The van der Waals surface area contributed by atoms with Crippen molar-refractivity contribution in [1.29, 1.82) is 0 Å². The van der Waals surface area contributed by atoms with Gasteiger partial charge in [0.25, 0.3) is 0 Å². The lowest BCUT2D eigenvalue weighted by molar-refractivity contribution is 0.0167. The summed E-state index contributed by atoms with van der Waals surface area (Å²) in [6, 6.07) is 0.340. The smallest absolute Gasteiger partial charge is 0.0521 e. The lowest BCUT2D eigenvalue weighted by atomic mass is 9.96. The molecule has 2 N–H and O–H groups in total. The number of ether oxygens (including phenoxy) is 1. The van der Waals surface area contributed by atoms with Gasteiger partial charge in [-0.25, -0.2) is 0 Å². The van der Waals surface area contributed by atoms with E-state index in [9.17, 15) is 0 Å². The molecule has 0 aliphatic carbocycles. The molecule has 4 heteroatoms.